The highest BCUT2D eigenvalue weighted by molar-refractivity contribution is 6.42. The van der Waals surface area contributed by atoms with E-state index in [0.29, 0.717) is 22.0 Å². The second-order valence-corrected chi connectivity index (χ2v) is 6.44. The Bertz CT molecular complexity index is 448. The molecule has 0 bridgehead atoms. The molecule has 2 fully saturated rings. The van der Waals surface area contributed by atoms with Crippen molar-refractivity contribution in [2.24, 2.45) is 5.92 Å². The van der Waals surface area contributed by atoms with Gasteiger partial charge in [-0.1, -0.05) is 29.3 Å². The highest BCUT2D eigenvalue weighted by Crippen LogP contribution is 2.28. The molecule has 1 heterocycles. The van der Waals surface area contributed by atoms with Crippen molar-refractivity contribution in [3.8, 4) is 0 Å². The van der Waals surface area contributed by atoms with Gasteiger partial charge in [-0.3, -0.25) is 0 Å². The summed E-state index contributed by atoms with van der Waals surface area (Å²) in [6, 6.07) is 7.26. The summed E-state index contributed by atoms with van der Waals surface area (Å²) in [5.41, 5.74) is 1.24. The molecule has 104 valence electrons. The molecule has 19 heavy (non-hydrogen) atoms. The first-order valence-corrected chi connectivity index (χ1v) is 7.75. The van der Waals surface area contributed by atoms with Crippen LogP contribution in [0.15, 0.2) is 18.2 Å². The molecular formula is C15H19Cl2NO. The van der Waals surface area contributed by atoms with E-state index in [4.69, 9.17) is 27.9 Å². The van der Waals surface area contributed by atoms with E-state index in [-0.39, 0.29) is 0 Å². The van der Waals surface area contributed by atoms with Crippen molar-refractivity contribution in [2.45, 2.75) is 37.8 Å². The van der Waals surface area contributed by atoms with Gasteiger partial charge in [0, 0.05) is 24.6 Å². The lowest BCUT2D eigenvalue weighted by atomic mass is 9.89. The standard InChI is InChI=1S/C15H19Cl2NO/c16-13-4-1-10(8-14(13)17)7-11-9-19-6-5-15(11)18-12-2-3-12/h1,4,8,11-12,15,18H,2-3,5-7,9H2/t11-,15+/m1/s1. The zero-order valence-electron chi connectivity index (χ0n) is 10.9. The van der Waals surface area contributed by atoms with Crippen LogP contribution in [0.2, 0.25) is 10.0 Å². The van der Waals surface area contributed by atoms with Gasteiger partial charge in [-0.2, -0.15) is 0 Å². The number of nitrogens with one attached hydrogen (secondary N) is 1. The van der Waals surface area contributed by atoms with Crippen LogP contribution in [0.1, 0.15) is 24.8 Å². The largest absolute Gasteiger partial charge is 0.381 e. The highest BCUT2D eigenvalue weighted by atomic mass is 35.5. The first-order valence-electron chi connectivity index (χ1n) is 7.00. The lowest BCUT2D eigenvalue weighted by Crippen LogP contribution is -2.44. The molecule has 1 aliphatic carbocycles. The molecule has 4 heteroatoms. The third kappa shape index (κ3) is 3.63. The molecule has 3 rings (SSSR count). The fraction of sp³-hybridized carbons (Fsp3) is 0.600. The van der Waals surface area contributed by atoms with Gasteiger partial charge < -0.3 is 10.1 Å². The van der Waals surface area contributed by atoms with Crippen LogP contribution in [0, 0.1) is 5.92 Å². The summed E-state index contributed by atoms with van der Waals surface area (Å²) in [7, 11) is 0. The molecule has 0 amide bonds. The number of halogens is 2. The summed E-state index contributed by atoms with van der Waals surface area (Å²) >= 11 is 12.0. The quantitative estimate of drug-likeness (QED) is 0.915. The Morgan fingerprint density at radius 3 is 2.74 bits per heavy atom. The molecule has 0 aromatic heterocycles. The SMILES string of the molecule is Clc1ccc(C[C@@H]2COCC[C@@H]2NC2CC2)cc1Cl. The van der Waals surface area contributed by atoms with Gasteiger partial charge in [0.2, 0.25) is 0 Å². The third-order valence-corrected chi connectivity index (χ3v) is 4.72. The van der Waals surface area contributed by atoms with Crippen LogP contribution in [0.25, 0.3) is 0 Å². The first kappa shape index (κ1) is 13.7. The summed E-state index contributed by atoms with van der Waals surface area (Å²) in [5.74, 6) is 0.534. The van der Waals surface area contributed by atoms with Gasteiger partial charge in [-0.15, -0.1) is 0 Å². The van der Waals surface area contributed by atoms with Crippen molar-refractivity contribution >= 4 is 23.2 Å². The van der Waals surface area contributed by atoms with E-state index in [1.165, 1.54) is 18.4 Å². The molecule has 0 radical (unpaired) electrons. The Kier molecular flexibility index (Phi) is 4.33. The summed E-state index contributed by atoms with van der Waals surface area (Å²) in [6.45, 7) is 1.72. The van der Waals surface area contributed by atoms with Crippen LogP contribution in [0.5, 0.6) is 0 Å². The second kappa shape index (κ2) is 6.01. The van der Waals surface area contributed by atoms with Gasteiger partial charge in [0.15, 0.2) is 0 Å². The molecule has 1 aliphatic heterocycles. The average Bonchev–Trinajstić information content (AvgIpc) is 3.20. The van der Waals surface area contributed by atoms with Gasteiger partial charge in [-0.05, 0) is 43.4 Å². The Balaban J connectivity index is 1.66. The number of benzene rings is 1. The van der Waals surface area contributed by atoms with E-state index in [1.807, 2.05) is 12.1 Å². The molecule has 1 aromatic carbocycles. The van der Waals surface area contributed by atoms with Gasteiger partial charge in [0.05, 0.1) is 16.7 Å². The number of hydrogen-bond acceptors (Lipinski definition) is 2. The maximum Gasteiger partial charge on any atom is 0.0595 e. The molecule has 1 N–H and O–H groups in total. The Labute approximate surface area is 124 Å². The van der Waals surface area contributed by atoms with Gasteiger partial charge >= 0.3 is 0 Å². The summed E-state index contributed by atoms with van der Waals surface area (Å²) in [6.07, 6.45) is 4.78. The zero-order chi connectivity index (χ0) is 13.2. The van der Waals surface area contributed by atoms with E-state index >= 15 is 0 Å². The molecular weight excluding hydrogens is 281 g/mol. The van der Waals surface area contributed by atoms with Crippen molar-refractivity contribution in [1.29, 1.82) is 0 Å². The molecule has 1 saturated heterocycles. The van der Waals surface area contributed by atoms with Crippen LogP contribution in [-0.4, -0.2) is 25.3 Å². The predicted octanol–water partition coefficient (Wildman–Crippen LogP) is 3.69. The lowest BCUT2D eigenvalue weighted by Gasteiger charge is -2.32. The maximum absolute atomic E-state index is 6.08. The van der Waals surface area contributed by atoms with Gasteiger partial charge in [0.25, 0.3) is 0 Å². The number of ether oxygens (including phenoxy) is 1. The summed E-state index contributed by atoms with van der Waals surface area (Å²) < 4.78 is 5.64. The van der Waals surface area contributed by atoms with Crippen molar-refractivity contribution in [2.75, 3.05) is 13.2 Å². The molecule has 0 unspecified atom stereocenters. The summed E-state index contributed by atoms with van der Waals surface area (Å²) in [4.78, 5) is 0. The van der Waals surface area contributed by atoms with Crippen LogP contribution in [0.3, 0.4) is 0 Å². The van der Waals surface area contributed by atoms with Gasteiger partial charge in [0.1, 0.15) is 0 Å². The molecule has 2 aliphatic rings. The van der Waals surface area contributed by atoms with Crippen LogP contribution < -0.4 is 5.32 Å². The van der Waals surface area contributed by atoms with Crippen LogP contribution in [0.4, 0.5) is 0 Å². The summed E-state index contributed by atoms with van der Waals surface area (Å²) in [5, 5.41) is 5.01. The van der Waals surface area contributed by atoms with Crippen LogP contribution in [-0.2, 0) is 11.2 Å². The third-order valence-electron chi connectivity index (χ3n) is 3.98. The molecule has 1 saturated carbocycles. The van der Waals surface area contributed by atoms with Crippen molar-refractivity contribution < 1.29 is 4.74 Å². The van der Waals surface area contributed by atoms with E-state index in [2.05, 4.69) is 11.4 Å². The lowest BCUT2D eigenvalue weighted by molar-refractivity contribution is 0.0316. The fourth-order valence-electron chi connectivity index (χ4n) is 2.74. The second-order valence-electron chi connectivity index (χ2n) is 5.62. The fourth-order valence-corrected chi connectivity index (χ4v) is 3.06. The monoisotopic (exact) mass is 299 g/mol. The van der Waals surface area contributed by atoms with Crippen molar-refractivity contribution in [3.63, 3.8) is 0 Å². The normalized spacial score (nSPS) is 27.5. The van der Waals surface area contributed by atoms with Crippen molar-refractivity contribution in [1.82, 2.24) is 5.32 Å². The van der Waals surface area contributed by atoms with Gasteiger partial charge in [-0.25, -0.2) is 0 Å². The molecule has 0 spiro atoms. The Hall–Kier alpha value is -0.280. The molecule has 2 nitrogen and oxygen atoms in total. The van der Waals surface area contributed by atoms with Crippen molar-refractivity contribution in [3.05, 3.63) is 33.8 Å². The maximum atomic E-state index is 6.08. The smallest absolute Gasteiger partial charge is 0.0595 e. The van der Waals surface area contributed by atoms with Crippen LogP contribution >= 0.6 is 23.2 Å². The zero-order valence-corrected chi connectivity index (χ0v) is 12.4. The minimum Gasteiger partial charge on any atom is -0.381 e. The first-order chi connectivity index (χ1) is 9.22. The minimum absolute atomic E-state index is 0.534. The van der Waals surface area contributed by atoms with E-state index in [9.17, 15) is 0 Å². The van der Waals surface area contributed by atoms with E-state index in [1.54, 1.807) is 0 Å². The number of rotatable bonds is 4. The predicted molar refractivity (Wildman–Crippen MR) is 79.0 cm³/mol. The Morgan fingerprint density at radius 2 is 2.00 bits per heavy atom. The topological polar surface area (TPSA) is 21.3 Å². The highest BCUT2D eigenvalue weighted by Gasteiger charge is 2.31. The number of hydrogen-bond donors (Lipinski definition) is 1. The average molecular weight is 300 g/mol. The van der Waals surface area contributed by atoms with E-state index < -0.39 is 0 Å². The minimum atomic E-state index is 0.534. The molecule has 1 aromatic rings. The van der Waals surface area contributed by atoms with E-state index in [0.717, 1.165) is 32.1 Å². The molecule has 2 atom stereocenters. The Morgan fingerprint density at radius 1 is 1.16 bits per heavy atom.